The van der Waals surface area contributed by atoms with Gasteiger partial charge in [0.1, 0.15) is 0 Å². The minimum atomic E-state index is -0.405. The average molecular weight is 302 g/mol. The van der Waals surface area contributed by atoms with Crippen molar-refractivity contribution >= 4 is 12.1 Å². The Bertz CT molecular complexity index is 636. The van der Waals surface area contributed by atoms with Gasteiger partial charge >= 0.3 is 5.91 Å². The van der Waals surface area contributed by atoms with Gasteiger partial charge in [-0.1, -0.05) is 0 Å². The van der Waals surface area contributed by atoms with Crippen LogP contribution in [0.3, 0.4) is 0 Å². The molecule has 0 spiro atoms. The Morgan fingerprint density at radius 3 is 2.68 bits per heavy atom. The van der Waals surface area contributed by atoms with Gasteiger partial charge in [0.05, 0.1) is 25.7 Å². The lowest BCUT2D eigenvalue weighted by Crippen LogP contribution is -2.16. The van der Waals surface area contributed by atoms with Crippen LogP contribution in [0.5, 0.6) is 11.5 Å². The first-order chi connectivity index (χ1) is 10.7. The average Bonchev–Trinajstić information content (AvgIpc) is 3.04. The van der Waals surface area contributed by atoms with E-state index in [0.29, 0.717) is 24.7 Å². The van der Waals surface area contributed by atoms with Crippen LogP contribution in [-0.4, -0.2) is 25.3 Å². The molecular weight excluding hydrogens is 284 g/mol. The summed E-state index contributed by atoms with van der Waals surface area (Å²) in [5, 5.41) is 3.89. The van der Waals surface area contributed by atoms with E-state index in [2.05, 4.69) is 10.5 Å². The summed E-state index contributed by atoms with van der Waals surface area (Å²) < 4.78 is 16.0. The molecule has 1 amide bonds. The lowest BCUT2D eigenvalue weighted by atomic mass is 10.2. The molecule has 0 aliphatic heterocycles. The fourth-order valence-electron chi connectivity index (χ4n) is 1.78. The highest BCUT2D eigenvalue weighted by molar-refractivity contribution is 5.92. The van der Waals surface area contributed by atoms with Crippen molar-refractivity contribution in [3.8, 4) is 11.5 Å². The van der Waals surface area contributed by atoms with Crippen LogP contribution in [-0.2, 0) is 0 Å². The van der Waals surface area contributed by atoms with Crippen LogP contribution in [0.2, 0.25) is 0 Å². The molecule has 0 bridgehead atoms. The molecule has 0 atom stereocenters. The van der Waals surface area contributed by atoms with Gasteiger partial charge in [-0.05, 0) is 49.7 Å². The lowest BCUT2D eigenvalue weighted by Gasteiger charge is -2.11. The summed E-state index contributed by atoms with van der Waals surface area (Å²) >= 11 is 0. The molecule has 22 heavy (non-hydrogen) atoms. The van der Waals surface area contributed by atoms with Crippen molar-refractivity contribution in [2.75, 3.05) is 13.2 Å². The highest BCUT2D eigenvalue weighted by Gasteiger charge is 2.07. The van der Waals surface area contributed by atoms with E-state index in [9.17, 15) is 4.79 Å². The Morgan fingerprint density at radius 2 is 2.00 bits per heavy atom. The Labute approximate surface area is 128 Å². The number of carbonyl (C=O) groups is 1. The van der Waals surface area contributed by atoms with Crippen LogP contribution >= 0.6 is 0 Å². The van der Waals surface area contributed by atoms with Crippen molar-refractivity contribution in [1.82, 2.24) is 5.43 Å². The second-order valence-electron chi connectivity index (χ2n) is 4.25. The Kier molecular flexibility index (Phi) is 5.59. The third-order valence-corrected chi connectivity index (χ3v) is 2.69. The number of hydrogen-bond donors (Lipinski definition) is 1. The fourth-order valence-corrected chi connectivity index (χ4v) is 1.78. The minimum Gasteiger partial charge on any atom is -0.490 e. The van der Waals surface area contributed by atoms with E-state index in [0.717, 1.165) is 5.56 Å². The Morgan fingerprint density at radius 1 is 1.23 bits per heavy atom. The Hall–Kier alpha value is -2.76. The summed E-state index contributed by atoms with van der Waals surface area (Å²) in [6, 6.07) is 8.64. The normalized spacial score (nSPS) is 10.6. The molecular formula is C16H18N2O4. The van der Waals surface area contributed by atoms with Crippen LogP contribution < -0.4 is 14.9 Å². The SMILES string of the molecule is CCOc1ccc(/C=N/NC(=O)c2ccco2)cc1OCC. The molecule has 2 rings (SSSR count). The predicted octanol–water partition coefficient (Wildman–Crippen LogP) is 2.84. The fraction of sp³-hybridized carbons (Fsp3) is 0.250. The van der Waals surface area contributed by atoms with Gasteiger partial charge in [0.25, 0.3) is 0 Å². The molecule has 6 heteroatoms. The molecule has 116 valence electrons. The van der Waals surface area contributed by atoms with Gasteiger partial charge in [-0.25, -0.2) is 5.43 Å². The van der Waals surface area contributed by atoms with Crippen molar-refractivity contribution in [3.05, 3.63) is 47.9 Å². The molecule has 1 aromatic carbocycles. The van der Waals surface area contributed by atoms with Gasteiger partial charge in [-0.2, -0.15) is 5.10 Å². The Balaban J connectivity index is 2.04. The van der Waals surface area contributed by atoms with Gasteiger partial charge in [0.15, 0.2) is 17.3 Å². The van der Waals surface area contributed by atoms with Crippen LogP contribution in [0.4, 0.5) is 0 Å². The summed E-state index contributed by atoms with van der Waals surface area (Å²) in [6.07, 6.45) is 2.96. The van der Waals surface area contributed by atoms with Gasteiger partial charge < -0.3 is 13.9 Å². The largest absolute Gasteiger partial charge is 0.490 e. The third-order valence-electron chi connectivity index (χ3n) is 2.69. The quantitative estimate of drug-likeness (QED) is 0.630. The maximum Gasteiger partial charge on any atom is 0.307 e. The summed E-state index contributed by atoms with van der Waals surface area (Å²) in [6.45, 7) is 4.91. The van der Waals surface area contributed by atoms with Crippen molar-refractivity contribution in [2.45, 2.75) is 13.8 Å². The van der Waals surface area contributed by atoms with Gasteiger partial charge in [0, 0.05) is 0 Å². The van der Waals surface area contributed by atoms with Crippen LogP contribution in [0, 0.1) is 0 Å². The molecule has 1 N–H and O–H groups in total. The van der Waals surface area contributed by atoms with E-state index in [1.165, 1.54) is 12.5 Å². The molecule has 0 saturated carbocycles. The predicted molar refractivity (Wildman–Crippen MR) is 82.5 cm³/mol. The zero-order chi connectivity index (χ0) is 15.8. The molecule has 0 aliphatic carbocycles. The molecule has 0 aliphatic rings. The second-order valence-corrected chi connectivity index (χ2v) is 4.25. The van der Waals surface area contributed by atoms with E-state index >= 15 is 0 Å². The van der Waals surface area contributed by atoms with Crippen LogP contribution in [0.15, 0.2) is 46.1 Å². The highest BCUT2D eigenvalue weighted by atomic mass is 16.5. The van der Waals surface area contributed by atoms with Crippen LogP contribution in [0.25, 0.3) is 0 Å². The van der Waals surface area contributed by atoms with Gasteiger partial charge in [0.2, 0.25) is 0 Å². The first kappa shape index (κ1) is 15.6. The first-order valence-electron chi connectivity index (χ1n) is 7.01. The summed E-state index contributed by atoms with van der Waals surface area (Å²) in [7, 11) is 0. The van der Waals surface area contributed by atoms with Crippen molar-refractivity contribution in [3.63, 3.8) is 0 Å². The minimum absolute atomic E-state index is 0.207. The summed E-state index contributed by atoms with van der Waals surface area (Å²) in [4.78, 5) is 11.6. The molecule has 0 saturated heterocycles. The van der Waals surface area contributed by atoms with Gasteiger partial charge in [-0.15, -0.1) is 0 Å². The van der Waals surface area contributed by atoms with Crippen molar-refractivity contribution < 1.29 is 18.7 Å². The van der Waals surface area contributed by atoms with Crippen LogP contribution in [0.1, 0.15) is 30.0 Å². The van der Waals surface area contributed by atoms with E-state index in [1.54, 1.807) is 18.2 Å². The van der Waals surface area contributed by atoms with Crippen molar-refractivity contribution in [1.29, 1.82) is 0 Å². The van der Waals surface area contributed by atoms with Crippen molar-refractivity contribution in [2.24, 2.45) is 5.10 Å². The number of benzene rings is 1. The smallest absolute Gasteiger partial charge is 0.307 e. The van der Waals surface area contributed by atoms with E-state index < -0.39 is 5.91 Å². The molecule has 0 fully saturated rings. The number of carbonyl (C=O) groups excluding carboxylic acids is 1. The number of hydrazone groups is 1. The molecule has 0 radical (unpaired) electrons. The lowest BCUT2D eigenvalue weighted by molar-refractivity contribution is 0.0927. The van der Waals surface area contributed by atoms with Gasteiger partial charge in [-0.3, -0.25) is 4.79 Å². The molecule has 0 unspecified atom stereocenters. The second kappa shape index (κ2) is 7.87. The molecule has 1 heterocycles. The van der Waals surface area contributed by atoms with E-state index in [-0.39, 0.29) is 5.76 Å². The van der Waals surface area contributed by atoms with E-state index in [1.807, 2.05) is 26.0 Å². The maximum absolute atomic E-state index is 11.6. The number of nitrogens with one attached hydrogen (secondary N) is 1. The first-order valence-corrected chi connectivity index (χ1v) is 7.01. The zero-order valence-corrected chi connectivity index (χ0v) is 12.5. The monoisotopic (exact) mass is 302 g/mol. The summed E-state index contributed by atoms with van der Waals surface area (Å²) in [5.41, 5.74) is 3.17. The maximum atomic E-state index is 11.6. The molecule has 2 aromatic rings. The summed E-state index contributed by atoms with van der Waals surface area (Å²) in [5.74, 6) is 1.13. The number of ether oxygens (including phenoxy) is 2. The number of nitrogens with zero attached hydrogens (tertiary/aromatic N) is 1. The number of amides is 1. The standard InChI is InChI=1S/C16H18N2O4/c1-3-20-13-8-7-12(10-15(13)21-4-2)11-17-18-16(19)14-6-5-9-22-14/h5-11H,3-4H2,1-2H3,(H,18,19)/b17-11+. The topological polar surface area (TPSA) is 73.1 Å². The third kappa shape index (κ3) is 4.12. The number of rotatable bonds is 7. The molecule has 1 aromatic heterocycles. The number of furan rings is 1. The number of hydrogen-bond acceptors (Lipinski definition) is 5. The zero-order valence-electron chi connectivity index (χ0n) is 12.5. The highest BCUT2D eigenvalue weighted by Crippen LogP contribution is 2.27. The molecule has 6 nitrogen and oxygen atoms in total. The van der Waals surface area contributed by atoms with E-state index in [4.69, 9.17) is 13.9 Å².